The van der Waals surface area contributed by atoms with E-state index in [1.54, 1.807) is 16.7 Å². The summed E-state index contributed by atoms with van der Waals surface area (Å²) in [5.74, 6) is -0.457. The van der Waals surface area contributed by atoms with Crippen molar-refractivity contribution in [2.75, 3.05) is 11.1 Å². The lowest BCUT2D eigenvalue weighted by Gasteiger charge is -2.14. The van der Waals surface area contributed by atoms with Crippen LogP contribution in [0.4, 0.5) is 10.1 Å². The number of fused-ring (bicyclic) bond motifs is 1. The number of aryl methyl sites for hydroxylation is 1. The van der Waals surface area contributed by atoms with Crippen LogP contribution < -0.4 is 10.9 Å². The molecule has 4 aromatic rings. The summed E-state index contributed by atoms with van der Waals surface area (Å²) in [6.45, 7) is 4.70. The molecule has 34 heavy (non-hydrogen) atoms. The van der Waals surface area contributed by atoms with Crippen molar-refractivity contribution in [2.45, 2.75) is 32.0 Å². The maximum Gasteiger partial charge on any atom is 0.278 e. The lowest BCUT2D eigenvalue weighted by atomic mass is 10.1. The normalized spacial score (nSPS) is 11.3. The third-order valence-electron chi connectivity index (χ3n) is 5.54. The molecule has 0 atom stereocenters. The molecule has 6 nitrogen and oxygen atoms in total. The molecule has 0 radical (unpaired) electrons. The Morgan fingerprint density at radius 1 is 1.12 bits per heavy atom. The highest BCUT2D eigenvalue weighted by Crippen LogP contribution is 2.29. The fraction of sp³-hybridized carbons (Fsp3) is 0.269. The smallest absolute Gasteiger partial charge is 0.278 e. The van der Waals surface area contributed by atoms with Crippen molar-refractivity contribution in [3.8, 4) is 11.1 Å². The fourth-order valence-electron chi connectivity index (χ4n) is 3.75. The highest BCUT2D eigenvalue weighted by molar-refractivity contribution is 7.99. The molecule has 0 fully saturated rings. The number of nitrogens with one attached hydrogen (secondary N) is 1. The van der Waals surface area contributed by atoms with Crippen LogP contribution in [0.3, 0.4) is 0 Å². The van der Waals surface area contributed by atoms with E-state index in [1.165, 1.54) is 23.9 Å². The van der Waals surface area contributed by atoms with Crippen molar-refractivity contribution < 1.29 is 9.18 Å². The average molecular weight is 479 g/mol. The highest BCUT2D eigenvalue weighted by atomic mass is 32.2. The minimum Gasteiger partial charge on any atom is -0.344 e. The molecule has 0 aliphatic carbocycles. The summed E-state index contributed by atoms with van der Waals surface area (Å²) < 4.78 is 17.4. The zero-order chi connectivity index (χ0) is 24.2. The van der Waals surface area contributed by atoms with Gasteiger partial charge in [-0.15, -0.1) is 0 Å². The first kappa shape index (κ1) is 23.8. The van der Waals surface area contributed by atoms with Crippen molar-refractivity contribution in [1.82, 2.24) is 14.1 Å². The molecule has 176 valence electrons. The third-order valence-corrected chi connectivity index (χ3v) is 6.51. The fourth-order valence-corrected chi connectivity index (χ4v) is 4.57. The Hall–Kier alpha value is -3.39. The number of rotatable bonds is 8. The van der Waals surface area contributed by atoms with E-state index in [1.807, 2.05) is 48.1 Å². The van der Waals surface area contributed by atoms with Gasteiger partial charge in [0.25, 0.3) is 5.56 Å². The number of halogens is 1. The summed E-state index contributed by atoms with van der Waals surface area (Å²) >= 11 is 1.18. The van der Waals surface area contributed by atoms with E-state index >= 15 is 0 Å². The van der Waals surface area contributed by atoms with Crippen LogP contribution in [0.25, 0.3) is 22.2 Å². The van der Waals surface area contributed by atoms with Gasteiger partial charge in [0.1, 0.15) is 16.9 Å². The Morgan fingerprint density at radius 3 is 2.53 bits per heavy atom. The number of carbonyl (C=O) groups is 1. The number of aromatic nitrogens is 3. The van der Waals surface area contributed by atoms with Gasteiger partial charge >= 0.3 is 0 Å². The summed E-state index contributed by atoms with van der Waals surface area (Å²) in [7, 11) is 1.85. The van der Waals surface area contributed by atoms with E-state index in [2.05, 4.69) is 19.2 Å². The lowest BCUT2D eigenvalue weighted by Crippen LogP contribution is -2.26. The molecule has 0 bridgehead atoms. The summed E-state index contributed by atoms with van der Waals surface area (Å²) in [5, 5.41) is 3.07. The topological polar surface area (TPSA) is 68.9 Å². The number of benzene rings is 2. The van der Waals surface area contributed by atoms with Crippen LogP contribution in [0.15, 0.2) is 70.7 Å². The second-order valence-electron chi connectivity index (χ2n) is 8.57. The lowest BCUT2D eigenvalue weighted by molar-refractivity contribution is -0.113. The maximum atomic E-state index is 13.9. The summed E-state index contributed by atoms with van der Waals surface area (Å²) in [6.07, 6.45) is 2.72. The van der Waals surface area contributed by atoms with Crippen molar-refractivity contribution in [2.24, 2.45) is 13.0 Å². The molecule has 0 aliphatic heterocycles. The number of carbonyl (C=O) groups excluding carboxylic acids is 1. The van der Waals surface area contributed by atoms with Gasteiger partial charge in [-0.05, 0) is 30.0 Å². The van der Waals surface area contributed by atoms with Crippen molar-refractivity contribution >= 4 is 34.4 Å². The van der Waals surface area contributed by atoms with E-state index in [4.69, 9.17) is 4.98 Å². The first-order valence-electron chi connectivity index (χ1n) is 11.2. The Balaban J connectivity index is 1.71. The molecule has 0 unspecified atom stereocenters. The summed E-state index contributed by atoms with van der Waals surface area (Å²) in [4.78, 5) is 30.9. The van der Waals surface area contributed by atoms with Crippen molar-refractivity contribution in [1.29, 1.82) is 0 Å². The Morgan fingerprint density at radius 2 is 1.82 bits per heavy atom. The van der Waals surface area contributed by atoms with E-state index in [0.717, 1.165) is 17.5 Å². The number of amides is 1. The van der Waals surface area contributed by atoms with Gasteiger partial charge in [0.05, 0.1) is 11.4 Å². The largest absolute Gasteiger partial charge is 0.344 e. The Labute approximate surface area is 201 Å². The minimum atomic E-state index is -0.494. The summed E-state index contributed by atoms with van der Waals surface area (Å²) in [6, 6.07) is 15.8. The maximum absolute atomic E-state index is 13.9. The van der Waals surface area contributed by atoms with Gasteiger partial charge < -0.3 is 9.88 Å². The molecule has 1 amide bonds. The number of anilines is 1. The van der Waals surface area contributed by atoms with Crippen LogP contribution in [-0.4, -0.2) is 25.8 Å². The molecule has 0 spiro atoms. The number of thioether (sulfide) groups is 1. The number of hydrogen-bond donors (Lipinski definition) is 1. The monoisotopic (exact) mass is 478 g/mol. The average Bonchev–Trinajstić information content (AvgIpc) is 3.15. The van der Waals surface area contributed by atoms with Gasteiger partial charge in [-0.25, -0.2) is 9.37 Å². The van der Waals surface area contributed by atoms with Crippen LogP contribution in [0.1, 0.15) is 20.3 Å². The quantitative estimate of drug-likeness (QED) is 0.275. The van der Waals surface area contributed by atoms with E-state index in [-0.39, 0.29) is 22.9 Å². The Bertz CT molecular complexity index is 1380. The predicted molar refractivity (Wildman–Crippen MR) is 136 cm³/mol. The minimum absolute atomic E-state index is 0.00145. The van der Waals surface area contributed by atoms with Gasteiger partial charge in [0, 0.05) is 25.4 Å². The van der Waals surface area contributed by atoms with Gasteiger partial charge in [0.2, 0.25) is 5.91 Å². The zero-order valence-electron chi connectivity index (χ0n) is 19.4. The van der Waals surface area contributed by atoms with Crippen LogP contribution >= 0.6 is 11.8 Å². The molecule has 0 aliphatic rings. The SMILES string of the molecule is CC(C)CCn1c(SCC(=O)Nc2ccccc2F)nc2c(-c3ccccc3)cn(C)c2c1=O. The molecule has 2 heterocycles. The molecule has 1 N–H and O–H groups in total. The Kier molecular flexibility index (Phi) is 7.17. The van der Waals surface area contributed by atoms with Crippen LogP contribution in [0.5, 0.6) is 0 Å². The van der Waals surface area contributed by atoms with Gasteiger partial charge in [-0.2, -0.15) is 0 Å². The first-order valence-corrected chi connectivity index (χ1v) is 12.2. The van der Waals surface area contributed by atoms with E-state index in [0.29, 0.717) is 28.7 Å². The molecule has 4 rings (SSSR count). The second kappa shape index (κ2) is 10.3. The second-order valence-corrected chi connectivity index (χ2v) is 9.51. The molecule has 8 heteroatoms. The highest BCUT2D eigenvalue weighted by Gasteiger charge is 2.20. The number of hydrogen-bond acceptors (Lipinski definition) is 4. The molecule has 2 aromatic carbocycles. The zero-order valence-corrected chi connectivity index (χ0v) is 20.2. The van der Waals surface area contributed by atoms with Crippen LogP contribution in [0.2, 0.25) is 0 Å². The van der Waals surface area contributed by atoms with Gasteiger partial charge in [0.15, 0.2) is 5.16 Å². The van der Waals surface area contributed by atoms with Crippen LogP contribution in [-0.2, 0) is 18.4 Å². The summed E-state index contributed by atoms with van der Waals surface area (Å²) in [5.41, 5.74) is 2.96. The molecular formula is C26H27FN4O2S. The number of para-hydroxylation sites is 1. The molecule has 0 saturated heterocycles. The van der Waals surface area contributed by atoms with Crippen molar-refractivity contribution in [3.05, 3.63) is 77.0 Å². The predicted octanol–water partition coefficient (Wildman–Crippen LogP) is 5.32. The first-order chi connectivity index (χ1) is 16.3. The standard InChI is InChI=1S/C26H27FN4O2S/c1-17(2)13-14-31-25(33)24-23(19(15-30(24)3)18-9-5-4-6-10-18)29-26(31)34-16-22(32)28-21-12-8-7-11-20(21)27/h4-12,15,17H,13-14,16H2,1-3H3,(H,28,32). The molecular weight excluding hydrogens is 451 g/mol. The molecule has 2 aromatic heterocycles. The van der Waals surface area contributed by atoms with E-state index in [9.17, 15) is 14.0 Å². The third kappa shape index (κ3) is 5.07. The van der Waals surface area contributed by atoms with E-state index < -0.39 is 5.82 Å². The van der Waals surface area contributed by atoms with Gasteiger partial charge in [-0.1, -0.05) is 68.1 Å². The van der Waals surface area contributed by atoms with Crippen LogP contribution in [0, 0.1) is 11.7 Å². The number of nitrogens with zero attached hydrogens (tertiary/aromatic N) is 3. The van der Waals surface area contributed by atoms with Gasteiger partial charge in [-0.3, -0.25) is 14.2 Å². The van der Waals surface area contributed by atoms with Crippen molar-refractivity contribution in [3.63, 3.8) is 0 Å². The molecule has 0 saturated carbocycles.